The summed E-state index contributed by atoms with van der Waals surface area (Å²) in [6, 6.07) is 27.5. The highest BCUT2D eigenvalue weighted by Crippen LogP contribution is 2.30. The largest absolute Gasteiger partial charge is 0.318 e. The van der Waals surface area contributed by atoms with Gasteiger partial charge in [-0.05, 0) is 86.0 Å². The summed E-state index contributed by atoms with van der Waals surface area (Å²) in [5.74, 6) is -0.101. The zero-order valence-corrected chi connectivity index (χ0v) is 21.8. The summed E-state index contributed by atoms with van der Waals surface area (Å²) >= 11 is 1.40. The summed E-state index contributed by atoms with van der Waals surface area (Å²) < 4.78 is 2.23. The predicted molar refractivity (Wildman–Crippen MR) is 151 cm³/mol. The normalized spacial score (nSPS) is 15.6. The van der Waals surface area contributed by atoms with Crippen LogP contribution in [0, 0.1) is 27.7 Å². The van der Waals surface area contributed by atoms with Crippen LogP contribution in [0.15, 0.2) is 88.8 Å². The van der Waals surface area contributed by atoms with Crippen LogP contribution in [-0.4, -0.2) is 15.6 Å². The van der Waals surface area contributed by atoms with Gasteiger partial charge in [0.15, 0.2) is 5.17 Å². The van der Waals surface area contributed by atoms with Crippen molar-refractivity contribution >= 4 is 28.9 Å². The highest BCUT2D eigenvalue weighted by Gasteiger charge is 2.24. The molecular formula is C31H29N3OS. The van der Waals surface area contributed by atoms with E-state index in [1.807, 2.05) is 12.1 Å². The SMILES string of the molecule is Cc1cc(C)cc(CN=C2NC(=O)/C(=C/c3cc(C)n(-c4ccc(-c5ccccc5)cc4)c3C)S2)c1. The average molecular weight is 492 g/mol. The van der Waals surface area contributed by atoms with Gasteiger partial charge in [0, 0.05) is 17.1 Å². The van der Waals surface area contributed by atoms with Crippen molar-refractivity contribution in [1.82, 2.24) is 9.88 Å². The van der Waals surface area contributed by atoms with Crippen LogP contribution in [-0.2, 0) is 11.3 Å². The van der Waals surface area contributed by atoms with E-state index in [9.17, 15) is 4.79 Å². The van der Waals surface area contributed by atoms with Crippen LogP contribution in [0.2, 0.25) is 0 Å². The van der Waals surface area contributed by atoms with Crippen molar-refractivity contribution in [3.8, 4) is 16.8 Å². The van der Waals surface area contributed by atoms with Gasteiger partial charge in [0.05, 0.1) is 11.4 Å². The average Bonchev–Trinajstić information content (AvgIpc) is 3.35. The molecule has 5 rings (SSSR count). The Bertz CT molecular complexity index is 1470. The van der Waals surface area contributed by atoms with Gasteiger partial charge < -0.3 is 9.88 Å². The lowest BCUT2D eigenvalue weighted by molar-refractivity contribution is -0.115. The number of nitrogens with zero attached hydrogens (tertiary/aromatic N) is 2. The molecule has 0 atom stereocenters. The van der Waals surface area contributed by atoms with Crippen molar-refractivity contribution < 1.29 is 4.79 Å². The second-order valence-electron chi connectivity index (χ2n) is 9.26. The van der Waals surface area contributed by atoms with Crippen molar-refractivity contribution in [2.24, 2.45) is 4.99 Å². The Labute approximate surface area is 216 Å². The smallest absolute Gasteiger partial charge is 0.264 e. The summed E-state index contributed by atoms with van der Waals surface area (Å²) in [7, 11) is 0. The van der Waals surface area contributed by atoms with E-state index in [-0.39, 0.29) is 5.91 Å². The highest BCUT2D eigenvalue weighted by molar-refractivity contribution is 8.18. The lowest BCUT2D eigenvalue weighted by atomic mass is 10.1. The number of aliphatic imine (C=N–C) groups is 1. The van der Waals surface area contributed by atoms with Crippen molar-refractivity contribution in [3.63, 3.8) is 0 Å². The van der Waals surface area contributed by atoms with Crippen molar-refractivity contribution in [1.29, 1.82) is 0 Å². The first-order chi connectivity index (χ1) is 17.4. The molecular weight excluding hydrogens is 462 g/mol. The lowest BCUT2D eigenvalue weighted by Crippen LogP contribution is -2.19. The minimum Gasteiger partial charge on any atom is -0.318 e. The number of amidine groups is 1. The van der Waals surface area contributed by atoms with Gasteiger partial charge in [0.2, 0.25) is 0 Å². The Morgan fingerprint density at radius 1 is 0.861 bits per heavy atom. The Morgan fingerprint density at radius 2 is 1.53 bits per heavy atom. The number of thioether (sulfide) groups is 1. The molecule has 1 N–H and O–H groups in total. The van der Waals surface area contributed by atoms with Crippen LogP contribution in [0.1, 0.15) is 33.6 Å². The van der Waals surface area contributed by atoms with Crippen LogP contribution in [0.5, 0.6) is 0 Å². The second-order valence-corrected chi connectivity index (χ2v) is 10.3. The van der Waals surface area contributed by atoms with E-state index < -0.39 is 0 Å². The van der Waals surface area contributed by atoms with Gasteiger partial charge in [-0.1, -0.05) is 71.8 Å². The molecule has 0 spiro atoms. The van der Waals surface area contributed by atoms with Gasteiger partial charge in [0.25, 0.3) is 5.91 Å². The number of rotatable bonds is 5. The number of benzene rings is 3. The Kier molecular flexibility index (Phi) is 6.66. The van der Waals surface area contributed by atoms with E-state index >= 15 is 0 Å². The zero-order chi connectivity index (χ0) is 25.2. The molecule has 0 bridgehead atoms. The molecule has 36 heavy (non-hydrogen) atoms. The molecule has 0 aliphatic carbocycles. The number of aryl methyl sites for hydroxylation is 3. The molecule has 1 aliphatic rings. The number of hydrogen-bond donors (Lipinski definition) is 1. The lowest BCUT2D eigenvalue weighted by Gasteiger charge is -2.11. The van der Waals surface area contributed by atoms with Gasteiger partial charge in [-0.2, -0.15) is 0 Å². The molecule has 3 aromatic carbocycles. The molecule has 4 aromatic rings. The van der Waals surface area contributed by atoms with E-state index in [4.69, 9.17) is 0 Å². The third kappa shape index (κ3) is 5.07. The van der Waals surface area contributed by atoms with Crippen LogP contribution in [0.4, 0.5) is 0 Å². The Hall–Kier alpha value is -3.83. The van der Waals surface area contributed by atoms with Crippen LogP contribution in [0.25, 0.3) is 22.9 Å². The van der Waals surface area contributed by atoms with Crippen LogP contribution in [0.3, 0.4) is 0 Å². The molecule has 1 amide bonds. The van der Waals surface area contributed by atoms with Crippen molar-refractivity contribution in [2.75, 3.05) is 0 Å². The summed E-state index contributed by atoms with van der Waals surface area (Å²) in [4.78, 5) is 18.0. The molecule has 0 unspecified atom stereocenters. The van der Waals surface area contributed by atoms with Crippen molar-refractivity contribution in [2.45, 2.75) is 34.2 Å². The second kappa shape index (κ2) is 10.0. The number of carbonyl (C=O) groups is 1. The van der Waals surface area contributed by atoms with Gasteiger partial charge >= 0.3 is 0 Å². The number of aromatic nitrogens is 1. The number of hydrogen-bond acceptors (Lipinski definition) is 3. The van der Waals surface area contributed by atoms with E-state index in [1.54, 1.807) is 0 Å². The van der Waals surface area contributed by atoms with E-state index in [0.717, 1.165) is 28.2 Å². The van der Waals surface area contributed by atoms with Crippen LogP contribution < -0.4 is 5.32 Å². The van der Waals surface area contributed by atoms with Gasteiger partial charge in [-0.25, -0.2) is 0 Å². The molecule has 5 heteroatoms. The zero-order valence-electron chi connectivity index (χ0n) is 21.0. The van der Waals surface area contributed by atoms with Gasteiger partial charge in [-0.15, -0.1) is 0 Å². The molecule has 180 valence electrons. The maximum absolute atomic E-state index is 12.7. The Morgan fingerprint density at radius 3 is 2.22 bits per heavy atom. The van der Waals surface area contributed by atoms with Crippen molar-refractivity contribution in [3.05, 3.63) is 117 Å². The summed E-state index contributed by atoms with van der Waals surface area (Å²) in [5, 5.41) is 3.57. The maximum atomic E-state index is 12.7. The Balaban J connectivity index is 1.36. The fraction of sp³-hybridized carbons (Fsp3) is 0.161. The molecule has 1 fully saturated rings. The molecule has 2 heterocycles. The third-order valence-electron chi connectivity index (χ3n) is 6.33. The molecule has 1 aromatic heterocycles. The third-order valence-corrected chi connectivity index (χ3v) is 7.27. The quantitative estimate of drug-likeness (QED) is 0.302. The van der Waals surface area contributed by atoms with Gasteiger partial charge in [0.1, 0.15) is 0 Å². The molecule has 4 nitrogen and oxygen atoms in total. The first-order valence-electron chi connectivity index (χ1n) is 12.0. The minimum absolute atomic E-state index is 0.101. The van der Waals surface area contributed by atoms with Gasteiger partial charge in [-0.3, -0.25) is 9.79 Å². The van der Waals surface area contributed by atoms with E-state index in [2.05, 4.69) is 115 Å². The molecule has 1 saturated heterocycles. The van der Waals surface area contributed by atoms with E-state index in [1.165, 1.54) is 34.0 Å². The minimum atomic E-state index is -0.101. The predicted octanol–water partition coefficient (Wildman–Crippen LogP) is 7.14. The molecule has 1 aliphatic heterocycles. The molecule has 0 radical (unpaired) electrons. The van der Waals surface area contributed by atoms with E-state index in [0.29, 0.717) is 16.6 Å². The maximum Gasteiger partial charge on any atom is 0.264 e. The first-order valence-corrected chi connectivity index (χ1v) is 12.9. The summed E-state index contributed by atoms with van der Waals surface area (Å²) in [5.41, 5.74) is 10.3. The summed E-state index contributed by atoms with van der Waals surface area (Å²) in [6.45, 7) is 8.91. The first kappa shape index (κ1) is 23.9. The topological polar surface area (TPSA) is 46.4 Å². The fourth-order valence-electron chi connectivity index (χ4n) is 4.73. The number of carbonyl (C=O) groups excluding carboxylic acids is 1. The monoisotopic (exact) mass is 491 g/mol. The van der Waals surface area contributed by atoms with Crippen LogP contribution >= 0.6 is 11.8 Å². The fourth-order valence-corrected chi connectivity index (χ4v) is 5.54. The molecule has 0 saturated carbocycles. The highest BCUT2D eigenvalue weighted by atomic mass is 32.2. The standard InChI is InChI=1S/C31H29N3OS/c1-20-14-21(2)16-24(15-20)19-32-31-33-30(35)29(36-31)18-27-17-22(3)34(23(27)4)28-12-10-26(11-13-28)25-8-6-5-7-9-25/h5-18H,19H2,1-4H3,(H,32,33,35)/b29-18-. The number of nitrogens with one attached hydrogen (secondary N) is 1. The summed E-state index contributed by atoms with van der Waals surface area (Å²) in [6.07, 6.45) is 1.97. The number of amides is 1.